The molecule has 0 heterocycles. The zero-order valence-corrected chi connectivity index (χ0v) is 13.5. The fourth-order valence-corrected chi connectivity index (χ4v) is 2.69. The molecule has 0 aliphatic carbocycles. The lowest BCUT2D eigenvalue weighted by atomic mass is 10.0. The highest BCUT2D eigenvalue weighted by Crippen LogP contribution is 2.28. The van der Waals surface area contributed by atoms with Crippen LogP contribution in [0.25, 0.3) is 0 Å². The quantitative estimate of drug-likeness (QED) is 0.782. The standard InChI is InChI=1S/C17H20BrN/c1-11-5-6-16(18)17(10-11)19-14(4)15-8-12(2)7-13(3)9-15/h5-10,14,19H,1-4H3. The molecule has 1 atom stereocenters. The summed E-state index contributed by atoms with van der Waals surface area (Å²) in [4.78, 5) is 0. The van der Waals surface area contributed by atoms with Gasteiger partial charge in [-0.3, -0.25) is 0 Å². The summed E-state index contributed by atoms with van der Waals surface area (Å²) >= 11 is 3.60. The number of rotatable bonds is 3. The second-order valence-corrected chi connectivity index (χ2v) is 6.12. The Bertz CT molecular complexity index is 570. The molecule has 0 bridgehead atoms. The van der Waals surface area contributed by atoms with Crippen molar-refractivity contribution in [3.63, 3.8) is 0 Å². The predicted octanol–water partition coefficient (Wildman–Crippen LogP) is 5.55. The van der Waals surface area contributed by atoms with E-state index in [-0.39, 0.29) is 6.04 Å². The van der Waals surface area contributed by atoms with Gasteiger partial charge in [0.1, 0.15) is 0 Å². The topological polar surface area (TPSA) is 12.0 Å². The highest BCUT2D eigenvalue weighted by Gasteiger charge is 2.08. The summed E-state index contributed by atoms with van der Waals surface area (Å²) in [6.07, 6.45) is 0. The molecule has 0 spiro atoms. The summed E-state index contributed by atoms with van der Waals surface area (Å²) in [5.74, 6) is 0. The molecule has 19 heavy (non-hydrogen) atoms. The summed E-state index contributed by atoms with van der Waals surface area (Å²) in [7, 11) is 0. The molecule has 0 saturated heterocycles. The van der Waals surface area contributed by atoms with Crippen LogP contribution in [0.5, 0.6) is 0 Å². The van der Waals surface area contributed by atoms with Crippen LogP contribution in [0.2, 0.25) is 0 Å². The number of aryl methyl sites for hydroxylation is 3. The molecule has 1 N–H and O–H groups in total. The smallest absolute Gasteiger partial charge is 0.0491 e. The van der Waals surface area contributed by atoms with E-state index in [0.717, 1.165) is 10.2 Å². The monoisotopic (exact) mass is 317 g/mol. The van der Waals surface area contributed by atoms with Gasteiger partial charge in [-0.05, 0) is 66.9 Å². The molecule has 0 aliphatic heterocycles. The van der Waals surface area contributed by atoms with Gasteiger partial charge in [0, 0.05) is 16.2 Å². The molecular formula is C17H20BrN. The Morgan fingerprint density at radius 3 is 2.16 bits per heavy atom. The van der Waals surface area contributed by atoms with Crippen LogP contribution >= 0.6 is 15.9 Å². The number of halogens is 1. The molecule has 1 nitrogen and oxygen atoms in total. The number of anilines is 1. The maximum absolute atomic E-state index is 3.60. The first-order chi connectivity index (χ1) is 8.95. The minimum absolute atomic E-state index is 0.289. The first-order valence-electron chi connectivity index (χ1n) is 6.56. The van der Waals surface area contributed by atoms with Gasteiger partial charge in [0.05, 0.1) is 0 Å². The molecule has 0 aromatic heterocycles. The molecule has 2 rings (SSSR count). The Morgan fingerprint density at radius 1 is 0.895 bits per heavy atom. The predicted molar refractivity (Wildman–Crippen MR) is 86.8 cm³/mol. The van der Waals surface area contributed by atoms with Gasteiger partial charge < -0.3 is 5.32 Å². The largest absolute Gasteiger partial charge is 0.378 e. The van der Waals surface area contributed by atoms with Crippen LogP contribution in [0.4, 0.5) is 5.69 Å². The second-order valence-electron chi connectivity index (χ2n) is 5.27. The van der Waals surface area contributed by atoms with Gasteiger partial charge >= 0.3 is 0 Å². The number of nitrogens with one attached hydrogen (secondary N) is 1. The van der Waals surface area contributed by atoms with E-state index in [1.807, 2.05) is 0 Å². The summed E-state index contributed by atoms with van der Waals surface area (Å²) in [6.45, 7) is 8.60. The Balaban J connectivity index is 2.25. The van der Waals surface area contributed by atoms with Gasteiger partial charge in [0.2, 0.25) is 0 Å². The first-order valence-corrected chi connectivity index (χ1v) is 7.36. The minimum atomic E-state index is 0.289. The molecule has 2 heteroatoms. The van der Waals surface area contributed by atoms with Crippen molar-refractivity contribution in [2.75, 3.05) is 5.32 Å². The van der Waals surface area contributed by atoms with Crippen molar-refractivity contribution in [1.82, 2.24) is 0 Å². The lowest BCUT2D eigenvalue weighted by Gasteiger charge is -2.18. The SMILES string of the molecule is Cc1cc(C)cc(C(C)Nc2cc(C)ccc2Br)c1. The van der Waals surface area contributed by atoms with Gasteiger partial charge in [-0.15, -0.1) is 0 Å². The lowest BCUT2D eigenvalue weighted by molar-refractivity contribution is 0.879. The zero-order valence-electron chi connectivity index (χ0n) is 11.9. The molecule has 1 unspecified atom stereocenters. The summed E-state index contributed by atoms with van der Waals surface area (Å²) in [5, 5.41) is 3.57. The van der Waals surface area contributed by atoms with Gasteiger partial charge in [0.25, 0.3) is 0 Å². The summed E-state index contributed by atoms with van der Waals surface area (Å²) in [5.41, 5.74) is 6.36. The average Bonchev–Trinajstić information content (AvgIpc) is 2.32. The van der Waals surface area contributed by atoms with Crippen molar-refractivity contribution in [2.24, 2.45) is 0 Å². The van der Waals surface area contributed by atoms with E-state index in [9.17, 15) is 0 Å². The van der Waals surface area contributed by atoms with Gasteiger partial charge in [-0.1, -0.05) is 35.4 Å². The Morgan fingerprint density at radius 2 is 1.53 bits per heavy atom. The first kappa shape index (κ1) is 14.1. The van der Waals surface area contributed by atoms with Gasteiger partial charge in [0.15, 0.2) is 0 Å². The van der Waals surface area contributed by atoms with Crippen molar-refractivity contribution in [2.45, 2.75) is 33.7 Å². The molecule has 0 aliphatic rings. The van der Waals surface area contributed by atoms with E-state index in [1.54, 1.807) is 0 Å². The minimum Gasteiger partial charge on any atom is -0.378 e. The Hall–Kier alpha value is -1.28. The van der Waals surface area contributed by atoms with Crippen molar-refractivity contribution >= 4 is 21.6 Å². The third kappa shape index (κ3) is 3.60. The van der Waals surface area contributed by atoms with Gasteiger partial charge in [-0.25, -0.2) is 0 Å². The molecule has 0 amide bonds. The van der Waals surface area contributed by atoms with Crippen LogP contribution in [-0.4, -0.2) is 0 Å². The van der Waals surface area contributed by atoms with E-state index in [0.29, 0.717) is 0 Å². The van der Waals surface area contributed by atoms with Crippen LogP contribution in [0.1, 0.15) is 35.2 Å². The third-order valence-electron chi connectivity index (χ3n) is 3.24. The fraction of sp³-hybridized carbons (Fsp3) is 0.294. The maximum atomic E-state index is 3.60. The third-order valence-corrected chi connectivity index (χ3v) is 3.93. The number of hydrogen-bond acceptors (Lipinski definition) is 1. The van der Waals surface area contributed by atoms with E-state index in [1.165, 1.54) is 22.3 Å². The van der Waals surface area contributed by atoms with Crippen LogP contribution in [-0.2, 0) is 0 Å². The highest BCUT2D eigenvalue weighted by atomic mass is 79.9. The molecule has 0 fully saturated rings. The van der Waals surface area contributed by atoms with E-state index < -0.39 is 0 Å². The number of hydrogen-bond donors (Lipinski definition) is 1. The van der Waals surface area contributed by atoms with Crippen molar-refractivity contribution < 1.29 is 0 Å². The second kappa shape index (κ2) is 5.79. The average molecular weight is 318 g/mol. The zero-order chi connectivity index (χ0) is 14.0. The van der Waals surface area contributed by atoms with Crippen LogP contribution in [0.15, 0.2) is 40.9 Å². The molecule has 2 aromatic carbocycles. The van der Waals surface area contributed by atoms with Crippen molar-refractivity contribution in [3.05, 3.63) is 63.1 Å². The normalized spacial score (nSPS) is 12.3. The molecule has 0 radical (unpaired) electrons. The summed E-state index contributed by atoms with van der Waals surface area (Å²) < 4.78 is 1.11. The van der Waals surface area contributed by atoms with Crippen LogP contribution < -0.4 is 5.32 Å². The summed E-state index contributed by atoms with van der Waals surface area (Å²) in [6, 6.07) is 13.4. The Kier molecular flexibility index (Phi) is 4.31. The van der Waals surface area contributed by atoms with E-state index >= 15 is 0 Å². The lowest BCUT2D eigenvalue weighted by Crippen LogP contribution is -2.07. The van der Waals surface area contributed by atoms with Crippen LogP contribution in [0.3, 0.4) is 0 Å². The molecular weight excluding hydrogens is 298 g/mol. The number of benzene rings is 2. The van der Waals surface area contributed by atoms with E-state index in [2.05, 4.69) is 85.3 Å². The van der Waals surface area contributed by atoms with Crippen molar-refractivity contribution in [1.29, 1.82) is 0 Å². The molecule has 2 aromatic rings. The molecule has 100 valence electrons. The fourth-order valence-electron chi connectivity index (χ4n) is 2.33. The van der Waals surface area contributed by atoms with E-state index in [4.69, 9.17) is 0 Å². The van der Waals surface area contributed by atoms with Gasteiger partial charge in [-0.2, -0.15) is 0 Å². The highest BCUT2D eigenvalue weighted by molar-refractivity contribution is 9.10. The van der Waals surface area contributed by atoms with Crippen molar-refractivity contribution in [3.8, 4) is 0 Å². The van der Waals surface area contributed by atoms with Crippen LogP contribution in [0, 0.1) is 20.8 Å². The molecule has 0 saturated carbocycles. The maximum Gasteiger partial charge on any atom is 0.0491 e. The Labute approximate surface area is 124 Å².